The van der Waals surface area contributed by atoms with Crippen LogP contribution in [0.1, 0.15) is 12.0 Å². The zero-order valence-corrected chi connectivity index (χ0v) is 5.99. The van der Waals surface area contributed by atoms with Crippen LogP contribution in [0.25, 0.3) is 0 Å². The van der Waals surface area contributed by atoms with Gasteiger partial charge in [-0.15, -0.1) is 0 Å². The number of carbonyl (C=O) groups excluding carboxylic acids is 1. The molecule has 0 saturated heterocycles. The molecule has 1 aromatic heterocycles. The number of aryl methyl sites for hydroxylation is 1. The number of hydrogen-bond donors (Lipinski definition) is 0. The Bertz CT molecular complexity index is 233. The lowest BCUT2D eigenvalue weighted by atomic mass is 10.1. The molecular weight excluding hydrogens is 142 g/mol. The summed E-state index contributed by atoms with van der Waals surface area (Å²) in [7, 11) is 0. The van der Waals surface area contributed by atoms with E-state index in [0.29, 0.717) is 6.42 Å². The molecule has 0 spiro atoms. The van der Waals surface area contributed by atoms with Gasteiger partial charge in [0.1, 0.15) is 0 Å². The van der Waals surface area contributed by atoms with Gasteiger partial charge in [-0.05, 0) is 30.5 Å². The second kappa shape index (κ2) is 3.71. The Kier molecular flexibility index (Phi) is 2.60. The van der Waals surface area contributed by atoms with Gasteiger partial charge >= 0.3 is 0 Å². The van der Waals surface area contributed by atoms with Gasteiger partial charge in [-0.2, -0.15) is 0 Å². The Labute approximate surface area is 64.7 Å². The third-order valence-electron chi connectivity index (χ3n) is 1.37. The van der Waals surface area contributed by atoms with Crippen molar-refractivity contribution < 1.29 is 9.90 Å². The molecule has 1 heterocycles. The molecule has 0 aliphatic heterocycles. The molecule has 11 heavy (non-hydrogen) atoms. The van der Waals surface area contributed by atoms with Crippen molar-refractivity contribution in [3.63, 3.8) is 0 Å². The fraction of sp³-hybridized carbons (Fsp3) is 0.250. The molecule has 0 saturated carbocycles. The average molecular weight is 150 g/mol. The van der Waals surface area contributed by atoms with Gasteiger partial charge in [0.05, 0.1) is 0 Å². The van der Waals surface area contributed by atoms with Crippen LogP contribution in [0, 0.1) is 0 Å². The van der Waals surface area contributed by atoms with Crippen molar-refractivity contribution >= 4 is 5.97 Å². The van der Waals surface area contributed by atoms with Crippen LogP contribution in [0.15, 0.2) is 24.5 Å². The van der Waals surface area contributed by atoms with Crippen LogP contribution in [0.4, 0.5) is 0 Å². The van der Waals surface area contributed by atoms with Gasteiger partial charge < -0.3 is 9.90 Å². The Balaban J connectivity index is 2.45. The molecule has 3 heteroatoms. The van der Waals surface area contributed by atoms with E-state index in [4.69, 9.17) is 0 Å². The molecule has 0 aliphatic carbocycles. The van der Waals surface area contributed by atoms with Crippen LogP contribution in [-0.4, -0.2) is 11.0 Å². The van der Waals surface area contributed by atoms with Crippen molar-refractivity contribution in [2.24, 2.45) is 0 Å². The number of carboxylic acids is 1. The second-order valence-electron chi connectivity index (χ2n) is 2.23. The summed E-state index contributed by atoms with van der Waals surface area (Å²) in [6.45, 7) is 0. The quantitative estimate of drug-likeness (QED) is 0.597. The molecule has 58 valence electrons. The van der Waals surface area contributed by atoms with Gasteiger partial charge in [0, 0.05) is 18.4 Å². The molecule has 0 unspecified atom stereocenters. The molecule has 0 aliphatic rings. The first kappa shape index (κ1) is 7.72. The first-order chi connectivity index (χ1) is 5.29. The smallest absolute Gasteiger partial charge is 0.0417 e. The fourth-order valence-electron chi connectivity index (χ4n) is 0.796. The van der Waals surface area contributed by atoms with Crippen molar-refractivity contribution in [2.45, 2.75) is 12.8 Å². The molecule has 0 bridgehead atoms. The summed E-state index contributed by atoms with van der Waals surface area (Å²) < 4.78 is 0. The highest BCUT2D eigenvalue weighted by molar-refractivity contribution is 5.64. The summed E-state index contributed by atoms with van der Waals surface area (Å²) in [4.78, 5) is 13.9. The Morgan fingerprint density at radius 3 is 2.64 bits per heavy atom. The molecule has 0 amide bonds. The summed E-state index contributed by atoms with van der Waals surface area (Å²) in [6.07, 6.45) is 3.88. The average Bonchev–Trinajstić information content (AvgIpc) is 2.03. The van der Waals surface area contributed by atoms with Crippen molar-refractivity contribution in [3.8, 4) is 0 Å². The van der Waals surface area contributed by atoms with Crippen LogP contribution in [0.5, 0.6) is 0 Å². The van der Waals surface area contributed by atoms with Gasteiger partial charge in [0.25, 0.3) is 0 Å². The maximum Gasteiger partial charge on any atom is 0.0417 e. The van der Waals surface area contributed by atoms with Crippen LogP contribution in [0.3, 0.4) is 0 Å². The van der Waals surface area contributed by atoms with E-state index in [2.05, 4.69) is 4.98 Å². The predicted octanol–water partition coefficient (Wildman–Crippen LogP) is -0.236. The van der Waals surface area contributed by atoms with E-state index in [1.165, 1.54) is 0 Å². The first-order valence-electron chi connectivity index (χ1n) is 3.38. The first-order valence-corrected chi connectivity index (χ1v) is 3.38. The summed E-state index contributed by atoms with van der Waals surface area (Å²) in [5, 5.41) is 10.0. The lowest BCUT2D eigenvalue weighted by Crippen LogP contribution is -2.22. The second-order valence-corrected chi connectivity index (χ2v) is 2.23. The maximum absolute atomic E-state index is 10.0. The predicted molar refractivity (Wildman–Crippen MR) is 37.6 cm³/mol. The highest BCUT2D eigenvalue weighted by Gasteiger charge is 1.90. The summed E-state index contributed by atoms with van der Waals surface area (Å²) in [5.74, 6) is -1.01. The molecular formula is C8H8NO2-. The number of carboxylic acid groups (broad SMARTS) is 1. The largest absolute Gasteiger partial charge is 0.550 e. The number of rotatable bonds is 3. The molecule has 1 aromatic rings. The highest BCUT2D eigenvalue weighted by Crippen LogP contribution is 1.99. The van der Waals surface area contributed by atoms with E-state index in [9.17, 15) is 9.90 Å². The van der Waals surface area contributed by atoms with E-state index in [1.807, 2.05) is 0 Å². The zero-order chi connectivity index (χ0) is 8.10. The number of carbonyl (C=O) groups is 1. The highest BCUT2D eigenvalue weighted by atomic mass is 16.4. The van der Waals surface area contributed by atoms with Gasteiger partial charge in [-0.1, -0.05) is 0 Å². The topological polar surface area (TPSA) is 53.0 Å². The van der Waals surface area contributed by atoms with Crippen molar-refractivity contribution in [1.82, 2.24) is 4.98 Å². The zero-order valence-electron chi connectivity index (χ0n) is 5.99. The monoisotopic (exact) mass is 150 g/mol. The van der Waals surface area contributed by atoms with Crippen molar-refractivity contribution in [1.29, 1.82) is 0 Å². The van der Waals surface area contributed by atoms with Crippen LogP contribution < -0.4 is 5.11 Å². The van der Waals surface area contributed by atoms with Gasteiger partial charge in [0.15, 0.2) is 0 Å². The molecule has 0 N–H and O–H groups in total. The lowest BCUT2D eigenvalue weighted by Gasteiger charge is -2.00. The van der Waals surface area contributed by atoms with Crippen LogP contribution in [0.2, 0.25) is 0 Å². The molecule has 0 atom stereocenters. The number of aliphatic carboxylic acids is 1. The lowest BCUT2D eigenvalue weighted by molar-refractivity contribution is -0.305. The Morgan fingerprint density at radius 1 is 1.45 bits per heavy atom. The minimum Gasteiger partial charge on any atom is -0.550 e. The maximum atomic E-state index is 10.0. The molecule has 0 aromatic carbocycles. The standard InChI is InChI=1S/C8H9NO2/c10-8(11)2-1-7-3-5-9-6-4-7/h3-6H,1-2H2,(H,10,11)/p-1. The fourth-order valence-corrected chi connectivity index (χ4v) is 0.796. The Hall–Kier alpha value is -1.38. The Morgan fingerprint density at radius 2 is 2.09 bits per heavy atom. The molecule has 0 fully saturated rings. The van der Waals surface area contributed by atoms with E-state index >= 15 is 0 Å². The van der Waals surface area contributed by atoms with Crippen LogP contribution in [-0.2, 0) is 11.2 Å². The van der Waals surface area contributed by atoms with E-state index in [-0.39, 0.29) is 6.42 Å². The van der Waals surface area contributed by atoms with E-state index in [1.54, 1.807) is 24.5 Å². The van der Waals surface area contributed by atoms with Crippen LogP contribution >= 0.6 is 0 Å². The van der Waals surface area contributed by atoms with Gasteiger partial charge in [-0.25, -0.2) is 0 Å². The summed E-state index contributed by atoms with van der Waals surface area (Å²) in [6, 6.07) is 3.59. The molecule has 0 radical (unpaired) electrons. The molecule has 3 nitrogen and oxygen atoms in total. The SMILES string of the molecule is O=C([O-])CCc1ccncc1. The minimum absolute atomic E-state index is 0.0734. The minimum atomic E-state index is -1.01. The van der Waals surface area contributed by atoms with E-state index < -0.39 is 5.97 Å². The van der Waals surface area contributed by atoms with E-state index in [0.717, 1.165) is 5.56 Å². The van der Waals surface area contributed by atoms with Gasteiger partial charge in [0.2, 0.25) is 0 Å². The third kappa shape index (κ3) is 2.80. The normalized spacial score (nSPS) is 9.45. The van der Waals surface area contributed by atoms with Gasteiger partial charge in [-0.3, -0.25) is 4.98 Å². The summed E-state index contributed by atoms with van der Waals surface area (Å²) in [5.41, 5.74) is 0.976. The summed E-state index contributed by atoms with van der Waals surface area (Å²) >= 11 is 0. The third-order valence-corrected chi connectivity index (χ3v) is 1.37. The molecule has 1 rings (SSSR count). The number of nitrogens with zero attached hydrogens (tertiary/aromatic N) is 1. The number of hydrogen-bond acceptors (Lipinski definition) is 3. The number of pyridine rings is 1. The number of aromatic nitrogens is 1. The van der Waals surface area contributed by atoms with Crippen molar-refractivity contribution in [2.75, 3.05) is 0 Å². The van der Waals surface area contributed by atoms with Crippen molar-refractivity contribution in [3.05, 3.63) is 30.1 Å².